The molecular formula is C23H28N4O3S. The van der Waals surface area contributed by atoms with E-state index in [1.807, 2.05) is 31.2 Å². The van der Waals surface area contributed by atoms with Crippen LogP contribution >= 0.6 is 0 Å². The first kappa shape index (κ1) is 21.5. The van der Waals surface area contributed by atoms with Crippen molar-refractivity contribution in [3.63, 3.8) is 0 Å². The number of methoxy groups -OCH3 is 1. The summed E-state index contributed by atoms with van der Waals surface area (Å²) < 4.78 is 34.9. The fourth-order valence-electron chi connectivity index (χ4n) is 4.13. The SMILES string of the molecule is COc1ccc(-c2cc(C)nc([C@@H]3CCCN(S(=O)(=O)c4cnn(C)c4C)C3)c2)cc1. The minimum Gasteiger partial charge on any atom is -0.497 e. The minimum absolute atomic E-state index is 0.0531. The fraction of sp³-hybridized carbons (Fsp3) is 0.391. The predicted molar refractivity (Wildman–Crippen MR) is 120 cm³/mol. The number of pyridine rings is 1. The van der Waals surface area contributed by atoms with Crippen LogP contribution < -0.4 is 4.74 Å². The first-order valence-corrected chi connectivity index (χ1v) is 11.9. The molecule has 0 amide bonds. The Hall–Kier alpha value is -2.71. The second-order valence-electron chi connectivity index (χ2n) is 8.07. The van der Waals surface area contributed by atoms with Crippen molar-refractivity contribution in [2.24, 2.45) is 7.05 Å². The summed E-state index contributed by atoms with van der Waals surface area (Å²) in [4.78, 5) is 5.05. The topological polar surface area (TPSA) is 77.3 Å². The Morgan fingerprint density at radius 1 is 1.10 bits per heavy atom. The summed E-state index contributed by atoms with van der Waals surface area (Å²) in [5.41, 5.74) is 4.67. The Labute approximate surface area is 183 Å². The van der Waals surface area contributed by atoms with Crippen LogP contribution in [-0.2, 0) is 17.1 Å². The van der Waals surface area contributed by atoms with Crippen LogP contribution in [0.1, 0.15) is 35.8 Å². The molecule has 7 nitrogen and oxygen atoms in total. The van der Waals surface area contributed by atoms with Crippen LogP contribution in [0.15, 0.2) is 47.5 Å². The summed E-state index contributed by atoms with van der Waals surface area (Å²) >= 11 is 0. The van der Waals surface area contributed by atoms with Crippen molar-refractivity contribution in [1.82, 2.24) is 19.1 Å². The molecule has 31 heavy (non-hydrogen) atoms. The molecule has 1 aliphatic heterocycles. The van der Waals surface area contributed by atoms with Crippen LogP contribution in [0.2, 0.25) is 0 Å². The van der Waals surface area contributed by atoms with Gasteiger partial charge in [-0.1, -0.05) is 12.1 Å². The Morgan fingerprint density at radius 3 is 2.48 bits per heavy atom. The lowest BCUT2D eigenvalue weighted by molar-refractivity contribution is 0.312. The monoisotopic (exact) mass is 440 g/mol. The van der Waals surface area contributed by atoms with Crippen molar-refractivity contribution in [2.45, 2.75) is 37.5 Å². The third-order valence-electron chi connectivity index (χ3n) is 6.01. The van der Waals surface area contributed by atoms with E-state index >= 15 is 0 Å². The number of ether oxygens (including phenoxy) is 1. The predicted octanol–water partition coefficient (Wildman–Crippen LogP) is 3.68. The van der Waals surface area contributed by atoms with Crippen LogP contribution in [0, 0.1) is 13.8 Å². The van der Waals surface area contributed by atoms with Gasteiger partial charge in [0.25, 0.3) is 0 Å². The van der Waals surface area contributed by atoms with E-state index < -0.39 is 10.0 Å². The maximum Gasteiger partial charge on any atom is 0.246 e. The second-order valence-corrected chi connectivity index (χ2v) is 9.98. The molecule has 3 aromatic rings. The first-order valence-electron chi connectivity index (χ1n) is 10.4. The van der Waals surface area contributed by atoms with Gasteiger partial charge < -0.3 is 4.74 Å². The summed E-state index contributed by atoms with van der Waals surface area (Å²) in [6, 6.07) is 12.1. The average Bonchev–Trinajstić information content (AvgIpc) is 3.12. The summed E-state index contributed by atoms with van der Waals surface area (Å²) in [5.74, 6) is 0.867. The number of aryl methyl sites for hydroxylation is 2. The number of hydrogen-bond donors (Lipinski definition) is 0. The number of sulfonamides is 1. The van der Waals surface area contributed by atoms with Gasteiger partial charge in [0.2, 0.25) is 10.0 Å². The number of nitrogens with zero attached hydrogens (tertiary/aromatic N) is 4. The van der Waals surface area contributed by atoms with E-state index in [0.717, 1.165) is 41.1 Å². The lowest BCUT2D eigenvalue weighted by Gasteiger charge is -2.31. The van der Waals surface area contributed by atoms with Crippen molar-refractivity contribution in [3.8, 4) is 16.9 Å². The van der Waals surface area contributed by atoms with Gasteiger partial charge in [-0.3, -0.25) is 9.67 Å². The molecule has 0 spiro atoms. The minimum atomic E-state index is -3.58. The maximum atomic E-state index is 13.3. The smallest absolute Gasteiger partial charge is 0.246 e. The third kappa shape index (κ3) is 4.22. The number of piperidine rings is 1. The van der Waals surface area contributed by atoms with Gasteiger partial charge in [-0.2, -0.15) is 9.40 Å². The summed E-state index contributed by atoms with van der Waals surface area (Å²) in [6.45, 7) is 4.71. The molecule has 0 saturated carbocycles. The van der Waals surface area contributed by atoms with E-state index in [-0.39, 0.29) is 10.8 Å². The van der Waals surface area contributed by atoms with Crippen LogP contribution in [0.3, 0.4) is 0 Å². The van der Waals surface area contributed by atoms with E-state index in [1.165, 1.54) is 6.20 Å². The van der Waals surface area contributed by atoms with E-state index in [0.29, 0.717) is 18.8 Å². The van der Waals surface area contributed by atoms with Crippen LogP contribution in [0.5, 0.6) is 5.75 Å². The normalized spacial score (nSPS) is 17.6. The highest BCUT2D eigenvalue weighted by Crippen LogP contribution is 2.32. The van der Waals surface area contributed by atoms with Gasteiger partial charge in [-0.05, 0) is 62.1 Å². The molecule has 4 rings (SSSR count). The molecule has 8 heteroatoms. The Kier molecular flexibility index (Phi) is 5.85. The number of hydrogen-bond acceptors (Lipinski definition) is 5. The fourth-order valence-corrected chi connectivity index (χ4v) is 5.84. The zero-order valence-corrected chi connectivity index (χ0v) is 19.2. The Bertz CT molecular complexity index is 1190. The quantitative estimate of drug-likeness (QED) is 0.605. The van der Waals surface area contributed by atoms with Crippen molar-refractivity contribution in [3.05, 3.63) is 59.7 Å². The van der Waals surface area contributed by atoms with Crippen LogP contribution in [0.25, 0.3) is 11.1 Å². The third-order valence-corrected chi connectivity index (χ3v) is 7.98. The Morgan fingerprint density at radius 2 is 1.84 bits per heavy atom. The lowest BCUT2D eigenvalue weighted by atomic mass is 9.93. The van der Waals surface area contributed by atoms with Crippen molar-refractivity contribution in [1.29, 1.82) is 0 Å². The van der Waals surface area contributed by atoms with E-state index in [9.17, 15) is 8.42 Å². The standard InChI is InChI=1S/C23H28N4O3S/c1-16-12-20(18-7-9-21(30-4)10-8-18)13-22(25-16)19-6-5-11-27(15-19)31(28,29)23-14-24-26(3)17(23)2/h7-10,12-14,19H,5-6,11,15H2,1-4H3/t19-/m1/s1. The maximum absolute atomic E-state index is 13.3. The zero-order chi connectivity index (χ0) is 22.2. The highest BCUT2D eigenvalue weighted by atomic mass is 32.2. The van der Waals surface area contributed by atoms with Crippen LogP contribution in [-0.4, -0.2) is 47.7 Å². The Balaban J connectivity index is 1.62. The number of benzene rings is 1. The van der Waals surface area contributed by atoms with E-state index in [4.69, 9.17) is 9.72 Å². The van der Waals surface area contributed by atoms with Gasteiger partial charge in [-0.25, -0.2) is 8.42 Å². The highest BCUT2D eigenvalue weighted by Gasteiger charge is 2.33. The molecule has 1 aromatic carbocycles. The highest BCUT2D eigenvalue weighted by molar-refractivity contribution is 7.89. The summed E-state index contributed by atoms with van der Waals surface area (Å²) in [7, 11) is -0.178. The molecular weight excluding hydrogens is 412 g/mol. The molecule has 1 atom stereocenters. The van der Waals surface area contributed by atoms with E-state index in [2.05, 4.69) is 17.2 Å². The summed E-state index contributed by atoms with van der Waals surface area (Å²) in [5, 5.41) is 4.11. The van der Waals surface area contributed by atoms with Gasteiger partial charge in [0.15, 0.2) is 0 Å². The lowest BCUT2D eigenvalue weighted by Crippen LogP contribution is -2.39. The molecule has 0 unspecified atom stereocenters. The number of aromatic nitrogens is 3. The molecule has 3 heterocycles. The molecule has 1 fully saturated rings. The molecule has 0 aliphatic carbocycles. The first-order chi connectivity index (χ1) is 14.8. The van der Waals surface area contributed by atoms with Gasteiger partial charge in [0.05, 0.1) is 19.0 Å². The van der Waals surface area contributed by atoms with E-state index in [1.54, 1.807) is 30.1 Å². The van der Waals surface area contributed by atoms with Gasteiger partial charge >= 0.3 is 0 Å². The van der Waals surface area contributed by atoms with Crippen LogP contribution in [0.4, 0.5) is 0 Å². The van der Waals surface area contributed by atoms with Crippen molar-refractivity contribution in [2.75, 3.05) is 20.2 Å². The van der Waals surface area contributed by atoms with Crippen molar-refractivity contribution < 1.29 is 13.2 Å². The zero-order valence-electron chi connectivity index (χ0n) is 18.4. The van der Waals surface area contributed by atoms with Crippen molar-refractivity contribution >= 4 is 10.0 Å². The van der Waals surface area contributed by atoms with Gasteiger partial charge in [0, 0.05) is 37.4 Å². The molecule has 0 N–H and O–H groups in total. The largest absolute Gasteiger partial charge is 0.497 e. The van der Waals surface area contributed by atoms with Gasteiger partial charge in [-0.15, -0.1) is 0 Å². The second kappa shape index (κ2) is 8.43. The summed E-state index contributed by atoms with van der Waals surface area (Å²) in [6.07, 6.45) is 3.16. The number of rotatable bonds is 5. The average molecular weight is 441 g/mol. The molecule has 164 valence electrons. The molecule has 0 bridgehead atoms. The molecule has 1 aliphatic rings. The van der Waals surface area contributed by atoms with Gasteiger partial charge in [0.1, 0.15) is 10.6 Å². The molecule has 0 radical (unpaired) electrons. The molecule has 1 saturated heterocycles. The molecule has 2 aromatic heterocycles.